The molecule has 0 saturated heterocycles. The molecule has 1 aromatic carbocycles. The van der Waals surface area contributed by atoms with Crippen LogP contribution in [0.15, 0.2) is 0 Å². The van der Waals surface area contributed by atoms with E-state index in [4.69, 9.17) is 0 Å². The fraction of sp³-hybridized carbons (Fsp3) is 0. The average molecular weight is 239 g/mol. The second-order valence-corrected chi connectivity index (χ2v) is 2.56. The second kappa shape index (κ2) is 3.87. The highest BCUT2D eigenvalue weighted by atomic mass is 19.2. The van der Waals surface area contributed by atoms with Crippen LogP contribution in [0.2, 0.25) is 0 Å². The molecule has 16 heavy (non-hydrogen) atoms. The fourth-order valence-corrected chi connectivity index (χ4v) is 0.906. The number of Topliss-reactive ketones (excluding diaryl/α,β-unsaturated/α-hetero) is 1. The molecule has 1 radical (unpaired) electrons. The van der Waals surface area contributed by atoms with E-state index >= 15 is 0 Å². The minimum atomic E-state index is -2.58. The maximum Gasteiger partial charge on any atom is 0.426 e. The van der Waals surface area contributed by atoms with E-state index in [0.29, 0.717) is 0 Å². The number of ketones is 1. The first-order valence-electron chi connectivity index (χ1n) is 3.56. The Bertz CT molecular complexity index is 468. The summed E-state index contributed by atoms with van der Waals surface area (Å²) in [5, 5.41) is 9.98. The van der Waals surface area contributed by atoms with Crippen LogP contribution in [-0.4, -0.2) is 11.8 Å². The molecule has 0 saturated carbocycles. The minimum absolute atomic E-state index is 2.04. The zero-order valence-electron chi connectivity index (χ0n) is 7.11. The van der Waals surface area contributed by atoms with Gasteiger partial charge in [-0.2, -0.15) is 0 Å². The normalized spacial score (nSPS) is 10.3. The van der Waals surface area contributed by atoms with Crippen LogP contribution in [0.1, 0.15) is 10.4 Å². The van der Waals surface area contributed by atoms with E-state index in [0.717, 1.165) is 0 Å². The molecular formula is C8F5O3. The van der Waals surface area contributed by atoms with Gasteiger partial charge in [0, 0.05) is 0 Å². The van der Waals surface area contributed by atoms with Crippen molar-refractivity contribution in [2.45, 2.75) is 0 Å². The largest absolute Gasteiger partial charge is 0.426 e. The Morgan fingerprint density at radius 3 is 1.31 bits per heavy atom. The van der Waals surface area contributed by atoms with Gasteiger partial charge in [-0.15, -0.1) is 0 Å². The zero-order valence-corrected chi connectivity index (χ0v) is 7.11. The van der Waals surface area contributed by atoms with Gasteiger partial charge >= 0.3 is 5.97 Å². The van der Waals surface area contributed by atoms with Gasteiger partial charge in [-0.25, -0.2) is 31.9 Å². The summed E-state index contributed by atoms with van der Waals surface area (Å²) in [6, 6.07) is 0. The topological polar surface area (TPSA) is 54.0 Å². The SMILES string of the molecule is [O]C(=O)C(=O)c1c(F)c(F)c(F)c(F)c1F. The van der Waals surface area contributed by atoms with Crippen molar-refractivity contribution >= 4 is 11.8 Å². The Morgan fingerprint density at radius 1 is 0.688 bits per heavy atom. The highest BCUT2D eigenvalue weighted by molar-refractivity contribution is 6.39. The monoisotopic (exact) mass is 239 g/mol. The summed E-state index contributed by atoms with van der Waals surface area (Å²) < 4.78 is 63.0. The molecule has 1 rings (SSSR count). The van der Waals surface area contributed by atoms with Gasteiger partial charge in [0.15, 0.2) is 23.3 Å². The van der Waals surface area contributed by atoms with Gasteiger partial charge in [0.05, 0.1) is 0 Å². The van der Waals surface area contributed by atoms with E-state index in [1.165, 1.54) is 0 Å². The Morgan fingerprint density at radius 2 is 1.00 bits per heavy atom. The third kappa shape index (κ3) is 1.62. The van der Waals surface area contributed by atoms with Crippen molar-refractivity contribution in [3.8, 4) is 0 Å². The Kier molecular flexibility index (Phi) is 2.92. The summed E-state index contributed by atoms with van der Waals surface area (Å²) in [4.78, 5) is 20.6. The Labute approximate surface area is 84.1 Å². The molecule has 0 unspecified atom stereocenters. The zero-order chi connectivity index (χ0) is 12.6. The summed E-state index contributed by atoms with van der Waals surface area (Å²) in [6.45, 7) is 0. The first-order chi connectivity index (χ1) is 7.29. The number of hydrogen-bond acceptors (Lipinski definition) is 2. The molecule has 0 N–H and O–H groups in total. The number of rotatable bonds is 2. The quantitative estimate of drug-likeness (QED) is 0.258. The van der Waals surface area contributed by atoms with E-state index in [-0.39, 0.29) is 0 Å². The highest BCUT2D eigenvalue weighted by Gasteiger charge is 2.33. The van der Waals surface area contributed by atoms with Crippen LogP contribution < -0.4 is 0 Å². The maximum atomic E-state index is 12.8. The first kappa shape index (κ1) is 12.1. The van der Waals surface area contributed by atoms with Gasteiger partial charge in [0.1, 0.15) is 5.56 Å². The number of carbonyl (C=O) groups excluding carboxylic acids is 2. The molecule has 0 heterocycles. The summed E-state index contributed by atoms with van der Waals surface area (Å²) in [5.41, 5.74) is -2.04. The highest BCUT2D eigenvalue weighted by Crippen LogP contribution is 2.23. The van der Waals surface area contributed by atoms with Gasteiger partial charge in [-0.1, -0.05) is 0 Å². The lowest BCUT2D eigenvalue weighted by molar-refractivity contribution is -0.137. The van der Waals surface area contributed by atoms with E-state index in [1.807, 2.05) is 0 Å². The van der Waals surface area contributed by atoms with E-state index in [1.54, 1.807) is 0 Å². The number of carbonyl (C=O) groups is 2. The molecule has 0 atom stereocenters. The van der Waals surface area contributed by atoms with Crippen LogP contribution in [-0.2, 0) is 9.90 Å². The van der Waals surface area contributed by atoms with Gasteiger partial charge in [0.2, 0.25) is 5.82 Å². The first-order valence-corrected chi connectivity index (χ1v) is 3.56. The van der Waals surface area contributed by atoms with Gasteiger partial charge in [-0.3, -0.25) is 4.79 Å². The lowest BCUT2D eigenvalue weighted by Gasteiger charge is -2.03. The lowest BCUT2D eigenvalue weighted by Crippen LogP contribution is -2.18. The summed E-state index contributed by atoms with van der Waals surface area (Å²) >= 11 is 0. The van der Waals surface area contributed by atoms with Crippen LogP contribution in [0.25, 0.3) is 0 Å². The molecule has 0 bridgehead atoms. The Balaban J connectivity index is 3.64. The third-order valence-electron chi connectivity index (χ3n) is 1.62. The van der Waals surface area contributed by atoms with Gasteiger partial charge < -0.3 is 0 Å². The molecule has 0 amide bonds. The maximum absolute atomic E-state index is 12.8. The summed E-state index contributed by atoms with van der Waals surface area (Å²) in [7, 11) is 0. The predicted molar refractivity (Wildman–Crippen MR) is 36.3 cm³/mol. The van der Waals surface area contributed by atoms with Crippen LogP contribution >= 0.6 is 0 Å². The van der Waals surface area contributed by atoms with Crippen molar-refractivity contribution in [3.05, 3.63) is 34.6 Å². The molecular weight excluding hydrogens is 239 g/mol. The number of benzene rings is 1. The third-order valence-corrected chi connectivity index (χ3v) is 1.62. The van der Waals surface area contributed by atoms with Gasteiger partial charge in [-0.05, 0) is 0 Å². The minimum Gasteiger partial charge on any atom is -0.281 e. The molecule has 0 aliphatic carbocycles. The number of hydrogen-bond donors (Lipinski definition) is 0. The summed E-state index contributed by atoms with van der Waals surface area (Å²) in [6.07, 6.45) is 0. The van der Waals surface area contributed by atoms with Crippen molar-refractivity contribution < 1.29 is 36.6 Å². The van der Waals surface area contributed by atoms with Crippen molar-refractivity contribution in [1.29, 1.82) is 0 Å². The molecule has 85 valence electrons. The molecule has 0 aliphatic rings. The smallest absolute Gasteiger partial charge is 0.281 e. The molecule has 0 fully saturated rings. The van der Waals surface area contributed by atoms with E-state index in [2.05, 4.69) is 0 Å². The Hall–Kier alpha value is -1.99. The number of halogens is 5. The van der Waals surface area contributed by atoms with Crippen molar-refractivity contribution in [2.24, 2.45) is 0 Å². The van der Waals surface area contributed by atoms with Crippen molar-refractivity contribution in [1.82, 2.24) is 0 Å². The van der Waals surface area contributed by atoms with Gasteiger partial charge in [0.25, 0.3) is 5.78 Å². The molecule has 0 spiro atoms. The molecule has 0 aliphatic heterocycles. The molecule has 0 aromatic heterocycles. The van der Waals surface area contributed by atoms with E-state index < -0.39 is 46.4 Å². The second-order valence-electron chi connectivity index (χ2n) is 2.56. The average Bonchev–Trinajstić information content (AvgIpc) is 2.23. The van der Waals surface area contributed by atoms with Crippen LogP contribution in [0.5, 0.6) is 0 Å². The van der Waals surface area contributed by atoms with Crippen molar-refractivity contribution in [3.63, 3.8) is 0 Å². The predicted octanol–water partition coefficient (Wildman–Crippen LogP) is 1.52. The summed E-state index contributed by atoms with van der Waals surface area (Å²) in [5.74, 6) is -17.2. The fourth-order valence-electron chi connectivity index (χ4n) is 0.906. The molecule has 3 nitrogen and oxygen atoms in total. The van der Waals surface area contributed by atoms with Crippen LogP contribution in [0.4, 0.5) is 22.0 Å². The lowest BCUT2D eigenvalue weighted by atomic mass is 10.1. The molecule has 8 heteroatoms. The molecule has 1 aromatic rings. The van der Waals surface area contributed by atoms with Crippen LogP contribution in [0, 0.1) is 29.1 Å². The van der Waals surface area contributed by atoms with Crippen molar-refractivity contribution in [2.75, 3.05) is 0 Å². The van der Waals surface area contributed by atoms with E-state index in [9.17, 15) is 36.6 Å². The van der Waals surface area contributed by atoms with Crippen LogP contribution in [0.3, 0.4) is 0 Å². The standard InChI is InChI=1S/C8F5O3/c9-2-1(7(14)8(15)16)3(10)5(12)6(13)4(2)11.